The molecule has 4 heteroatoms. The van der Waals surface area contributed by atoms with Gasteiger partial charge >= 0.3 is 0 Å². The van der Waals surface area contributed by atoms with Crippen LogP contribution in [0.5, 0.6) is 0 Å². The van der Waals surface area contributed by atoms with Crippen LogP contribution in [0.2, 0.25) is 0 Å². The van der Waals surface area contributed by atoms with Gasteiger partial charge in [-0.15, -0.1) is 0 Å². The van der Waals surface area contributed by atoms with Gasteiger partial charge in [0.1, 0.15) is 5.82 Å². The second-order valence-corrected chi connectivity index (χ2v) is 9.59. The molecule has 1 unspecified atom stereocenters. The minimum atomic E-state index is -0.170. The summed E-state index contributed by atoms with van der Waals surface area (Å²) >= 11 is 0. The van der Waals surface area contributed by atoms with E-state index in [-0.39, 0.29) is 23.5 Å². The minimum Gasteiger partial charge on any atom is -0.396 e. The number of aryl methyl sites for hydroxylation is 1. The van der Waals surface area contributed by atoms with E-state index in [2.05, 4.69) is 34.9 Å². The molecule has 3 aliphatic rings. The van der Waals surface area contributed by atoms with Crippen molar-refractivity contribution in [1.29, 1.82) is 0 Å². The van der Waals surface area contributed by atoms with Crippen LogP contribution in [0.4, 0.5) is 0 Å². The predicted octanol–water partition coefficient (Wildman–Crippen LogP) is 7.10. The van der Waals surface area contributed by atoms with Gasteiger partial charge in [-0.1, -0.05) is 71.2 Å². The lowest BCUT2D eigenvalue weighted by Crippen LogP contribution is -2.32. The van der Waals surface area contributed by atoms with Crippen molar-refractivity contribution < 1.29 is 5.11 Å². The maximum Gasteiger partial charge on any atom is 0.281 e. The largest absolute Gasteiger partial charge is 0.396 e. The van der Waals surface area contributed by atoms with Crippen molar-refractivity contribution in [2.45, 2.75) is 85.0 Å². The molecule has 1 saturated carbocycles. The molecule has 6 rings (SSSR count). The third-order valence-electron chi connectivity index (χ3n) is 7.84. The molecule has 0 bridgehead atoms. The van der Waals surface area contributed by atoms with Crippen LogP contribution in [0.1, 0.15) is 95.2 Å². The molecular weight excluding hydrogens is 432 g/mol. The molecule has 2 heterocycles. The lowest BCUT2D eigenvalue weighted by atomic mass is 9.69. The fourth-order valence-corrected chi connectivity index (χ4v) is 6.26. The van der Waals surface area contributed by atoms with Crippen molar-refractivity contribution in [1.82, 2.24) is 9.55 Å². The van der Waals surface area contributed by atoms with Gasteiger partial charge in [-0.05, 0) is 73.1 Å². The lowest BCUT2D eigenvalue weighted by Gasteiger charge is -2.33. The first-order valence-electron chi connectivity index (χ1n) is 13.6. The van der Waals surface area contributed by atoms with Gasteiger partial charge in [0.15, 0.2) is 0 Å². The van der Waals surface area contributed by atoms with Crippen molar-refractivity contribution >= 4 is 16.5 Å². The maximum atomic E-state index is 13.1. The van der Waals surface area contributed by atoms with E-state index in [1.54, 1.807) is 0 Å². The van der Waals surface area contributed by atoms with Crippen molar-refractivity contribution in [2.24, 2.45) is 5.92 Å². The highest BCUT2D eigenvalue weighted by atomic mass is 16.3. The number of hydrogen-bond donors (Lipinski definition) is 1. The maximum absolute atomic E-state index is 13.1. The third kappa shape index (κ3) is 4.06. The number of nitrogens with zero attached hydrogens (tertiary/aromatic N) is 2. The lowest BCUT2D eigenvalue weighted by molar-refractivity contribution is 0.251. The number of benzene rings is 2. The summed E-state index contributed by atoms with van der Waals surface area (Å²) in [4.78, 5) is 17.9. The summed E-state index contributed by atoms with van der Waals surface area (Å²) in [5, 5.41) is 10.3. The van der Waals surface area contributed by atoms with Gasteiger partial charge < -0.3 is 5.11 Å². The zero-order valence-electron chi connectivity index (χ0n) is 22.0. The topological polar surface area (TPSA) is 55.1 Å². The van der Waals surface area contributed by atoms with Gasteiger partial charge in [-0.2, -0.15) is 4.98 Å². The molecule has 35 heavy (non-hydrogen) atoms. The van der Waals surface area contributed by atoms with E-state index in [4.69, 9.17) is 4.98 Å². The smallest absolute Gasteiger partial charge is 0.281 e. The first-order valence-corrected chi connectivity index (χ1v) is 13.6. The molecule has 1 spiro atoms. The zero-order valence-corrected chi connectivity index (χ0v) is 22.0. The standard InChI is InChI=1S/C27H28N2O2.2C2H6/c1-17-6-5-7-23-24(17)25(31)28-26-27(12-3-2-4-13-27)21-15-20(10-11-22(21)29(23)26)19-9-8-18(14-19)16-30;2*1-2/h5-7,10-11,14-15,18,30H,2-4,8-9,12-13,16H2,1H3;2*1-2H3. The predicted molar refractivity (Wildman–Crippen MR) is 146 cm³/mol. The summed E-state index contributed by atoms with van der Waals surface area (Å²) in [5.41, 5.74) is 6.81. The summed E-state index contributed by atoms with van der Waals surface area (Å²) in [6.07, 6.45) is 9.96. The van der Waals surface area contributed by atoms with E-state index in [1.807, 2.05) is 46.8 Å². The Labute approximate surface area is 209 Å². The Hall–Kier alpha value is -2.72. The monoisotopic (exact) mass is 472 g/mol. The molecular formula is C31H40N2O2. The summed E-state index contributed by atoms with van der Waals surface area (Å²) in [6, 6.07) is 12.9. The second-order valence-electron chi connectivity index (χ2n) is 9.59. The first kappa shape index (κ1) is 25.4. The molecule has 2 aromatic carbocycles. The number of aliphatic hydroxyl groups is 1. The zero-order chi connectivity index (χ0) is 25.2. The molecule has 4 nitrogen and oxygen atoms in total. The van der Waals surface area contributed by atoms with E-state index in [0.717, 1.165) is 48.0 Å². The number of allylic oxidation sites excluding steroid dienone is 1. The number of aliphatic hydroxyl groups excluding tert-OH is 1. The van der Waals surface area contributed by atoms with Crippen LogP contribution in [-0.4, -0.2) is 21.3 Å². The molecule has 186 valence electrons. The van der Waals surface area contributed by atoms with E-state index in [9.17, 15) is 9.90 Å². The van der Waals surface area contributed by atoms with Crippen LogP contribution in [0, 0.1) is 12.8 Å². The fourth-order valence-electron chi connectivity index (χ4n) is 6.26. The Balaban J connectivity index is 0.000000689. The van der Waals surface area contributed by atoms with Gasteiger partial charge in [0.05, 0.1) is 22.0 Å². The first-order chi connectivity index (χ1) is 17.1. The SMILES string of the molecule is CC.CC.Cc1cccc2c1c(=O)nc1n2-c2ccc(C3=CC(CO)CC3)cc2C12CCCCC2. The summed E-state index contributed by atoms with van der Waals surface area (Å²) in [5.74, 6) is 1.21. The number of aromatic nitrogens is 2. The van der Waals surface area contributed by atoms with E-state index >= 15 is 0 Å². The van der Waals surface area contributed by atoms with Crippen LogP contribution < -0.4 is 5.56 Å². The van der Waals surface area contributed by atoms with Crippen LogP contribution in [-0.2, 0) is 5.41 Å². The van der Waals surface area contributed by atoms with Crippen LogP contribution >= 0.6 is 0 Å². The molecule has 0 saturated heterocycles. The molecule has 0 amide bonds. The van der Waals surface area contributed by atoms with Gasteiger partial charge in [0.2, 0.25) is 0 Å². The van der Waals surface area contributed by atoms with Crippen LogP contribution in [0.25, 0.3) is 22.2 Å². The average Bonchev–Trinajstić information content (AvgIpc) is 3.49. The van der Waals surface area contributed by atoms with Crippen molar-refractivity contribution in [3.8, 4) is 5.69 Å². The van der Waals surface area contributed by atoms with Crippen LogP contribution in [0.3, 0.4) is 0 Å². The number of rotatable bonds is 2. The van der Waals surface area contributed by atoms with Gasteiger partial charge in [0, 0.05) is 12.5 Å². The summed E-state index contributed by atoms with van der Waals surface area (Å²) in [7, 11) is 0. The molecule has 1 aliphatic heterocycles. The average molecular weight is 473 g/mol. The third-order valence-corrected chi connectivity index (χ3v) is 7.84. The van der Waals surface area contributed by atoms with Gasteiger partial charge in [-0.3, -0.25) is 9.36 Å². The Morgan fingerprint density at radius 3 is 2.49 bits per heavy atom. The normalized spacial score (nSPS) is 19.3. The molecule has 1 fully saturated rings. The minimum absolute atomic E-state index is 0.0957. The van der Waals surface area contributed by atoms with Crippen molar-refractivity contribution in [3.63, 3.8) is 0 Å². The van der Waals surface area contributed by atoms with E-state index < -0.39 is 0 Å². The van der Waals surface area contributed by atoms with Crippen molar-refractivity contribution in [2.75, 3.05) is 6.61 Å². The number of hydrogen-bond acceptors (Lipinski definition) is 3. The fraction of sp³-hybridized carbons (Fsp3) is 0.484. The summed E-state index contributed by atoms with van der Waals surface area (Å²) < 4.78 is 2.27. The highest BCUT2D eigenvalue weighted by Crippen LogP contribution is 2.52. The molecule has 0 radical (unpaired) electrons. The van der Waals surface area contributed by atoms with E-state index in [1.165, 1.54) is 41.6 Å². The summed E-state index contributed by atoms with van der Waals surface area (Å²) in [6.45, 7) is 10.2. The molecule has 1 atom stereocenters. The Morgan fingerprint density at radius 2 is 1.80 bits per heavy atom. The quantitative estimate of drug-likeness (QED) is 0.433. The Kier molecular flexibility index (Phi) is 7.61. The van der Waals surface area contributed by atoms with Crippen LogP contribution in [0.15, 0.2) is 47.3 Å². The molecule has 2 aliphatic carbocycles. The number of fused-ring (bicyclic) bond motifs is 7. The molecule has 1 aromatic heterocycles. The van der Waals surface area contributed by atoms with E-state index in [0.29, 0.717) is 0 Å². The Morgan fingerprint density at radius 1 is 1.06 bits per heavy atom. The van der Waals surface area contributed by atoms with Gasteiger partial charge in [-0.25, -0.2) is 0 Å². The molecule has 1 N–H and O–H groups in total. The van der Waals surface area contributed by atoms with Gasteiger partial charge in [0.25, 0.3) is 5.56 Å². The van der Waals surface area contributed by atoms with Crippen molar-refractivity contribution in [3.05, 3.63) is 75.3 Å². The highest BCUT2D eigenvalue weighted by molar-refractivity contribution is 5.85. The molecule has 3 aromatic rings. The highest BCUT2D eigenvalue weighted by Gasteiger charge is 2.46. The Bertz CT molecular complexity index is 1300. The second kappa shape index (κ2) is 10.5.